The van der Waals surface area contributed by atoms with Crippen molar-refractivity contribution >= 4 is 11.3 Å². The van der Waals surface area contributed by atoms with Gasteiger partial charge in [0.15, 0.2) is 0 Å². The number of nitrogens with one attached hydrogen (secondary N) is 1. The van der Waals surface area contributed by atoms with Crippen molar-refractivity contribution in [2.75, 3.05) is 13.7 Å². The molecule has 1 unspecified atom stereocenters. The van der Waals surface area contributed by atoms with Gasteiger partial charge in [0.25, 0.3) is 0 Å². The van der Waals surface area contributed by atoms with Crippen LogP contribution < -0.4 is 5.32 Å². The molecule has 0 spiro atoms. The third-order valence-corrected chi connectivity index (χ3v) is 4.52. The SMILES string of the molecule is CCOC1(C(NC)c2ccsc2)CCCCC1. The van der Waals surface area contributed by atoms with Gasteiger partial charge in [-0.15, -0.1) is 0 Å². The second kappa shape index (κ2) is 5.98. The summed E-state index contributed by atoms with van der Waals surface area (Å²) < 4.78 is 6.19. The minimum absolute atomic E-state index is 0.0167. The van der Waals surface area contributed by atoms with Crippen molar-refractivity contribution < 1.29 is 4.74 Å². The molecule has 3 heteroatoms. The maximum Gasteiger partial charge on any atom is 0.0876 e. The van der Waals surface area contributed by atoms with Crippen molar-refractivity contribution in [3.8, 4) is 0 Å². The summed E-state index contributed by atoms with van der Waals surface area (Å²) in [6.07, 6.45) is 6.31. The van der Waals surface area contributed by atoms with Crippen LogP contribution in [0.3, 0.4) is 0 Å². The van der Waals surface area contributed by atoms with Gasteiger partial charge in [-0.1, -0.05) is 19.3 Å². The molecule has 1 aliphatic carbocycles. The number of rotatable bonds is 5. The Morgan fingerprint density at radius 3 is 2.71 bits per heavy atom. The molecule has 0 radical (unpaired) electrons. The van der Waals surface area contributed by atoms with Crippen molar-refractivity contribution in [2.24, 2.45) is 0 Å². The minimum Gasteiger partial charge on any atom is -0.373 e. The Bertz CT molecular complexity index is 311. The van der Waals surface area contributed by atoms with Gasteiger partial charge in [-0.25, -0.2) is 0 Å². The Labute approximate surface area is 108 Å². The van der Waals surface area contributed by atoms with Crippen molar-refractivity contribution in [3.05, 3.63) is 22.4 Å². The molecule has 0 aliphatic heterocycles. The van der Waals surface area contributed by atoms with E-state index in [1.165, 1.54) is 37.7 Å². The molecule has 1 saturated carbocycles. The molecule has 1 fully saturated rings. The molecule has 1 aromatic heterocycles. The third kappa shape index (κ3) is 2.72. The Kier molecular flexibility index (Phi) is 4.60. The monoisotopic (exact) mass is 253 g/mol. The molecular weight excluding hydrogens is 230 g/mol. The van der Waals surface area contributed by atoms with E-state index in [0.29, 0.717) is 6.04 Å². The number of hydrogen-bond donors (Lipinski definition) is 1. The summed E-state index contributed by atoms with van der Waals surface area (Å²) in [6, 6.07) is 2.57. The van der Waals surface area contributed by atoms with Crippen molar-refractivity contribution in [3.63, 3.8) is 0 Å². The van der Waals surface area contributed by atoms with Gasteiger partial charge in [-0.2, -0.15) is 11.3 Å². The first-order valence-electron chi connectivity index (χ1n) is 6.66. The highest BCUT2D eigenvalue weighted by Crippen LogP contribution is 2.41. The highest BCUT2D eigenvalue weighted by Gasteiger charge is 2.40. The van der Waals surface area contributed by atoms with Crippen LogP contribution in [0.4, 0.5) is 0 Å². The predicted molar refractivity (Wildman–Crippen MR) is 73.6 cm³/mol. The zero-order valence-electron chi connectivity index (χ0n) is 10.9. The average molecular weight is 253 g/mol. The van der Waals surface area contributed by atoms with Crippen LogP contribution in [-0.4, -0.2) is 19.3 Å². The van der Waals surface area contributed by atoms with E-state index in [0.717, 1.165) is 6.61 Å². The fraction of sp³-hybridized carbons (Fsp3) is 0.714. The lowest BCUT2D eigenvalue weighted by Gasteiger charge is -2.43. The van der Waals surface area contributed by atoms with Crippen LogP contribution in [0, 0.1) is 0 Å². The Hall–Kier alpha value is -0.380. The largest absolute Gasteiger partial charge is 0.373 e. The zero-order valence-corrected chi connectivity index (χ0v) is 11.7. The lowest BCUT2D eigenvalue weighted by Crippen LogP contribution is -2.46. The van der Waals surface area contributed by atoms with Crippen LogP contribution in [0.2, 0.25) is 0 Å². The summed E-state index contributed by atoms with van der Waals surface area (Å²) in [4.78, 5) is 0. The average Bonchev–Trinajstić information content (AvgIpc) is 2.85. The molecule has 2 nitrogen and oxygen atoms in total. The molecule has 1 aromatic rings. The molecule has 1 aliphatic rings. The van der Waals surface area contributed by atoms with E-state index in [9.17, 15) is 0 Å². The molecule has 1 N–H and O–H groups in total. The van der Waals surface area contributed by atoms with E-state index < -0.39 is 0 Å². The van der Waals surface area contributed by atoms with Gasteiger partial charge in [-0.05, 0) is 49.2 Å². The predicted octanol–water partition coefficient (Wildman–Crippen LogP) is 3.75. The molecular formula is C14H23NOS. The number of hydrogen-bond acceptors (Lipinski definition) is 3. The van der Waals surface area contributed by atoms with Crippen LogP contribution in [0.15, 0.2) is 16.8 Å². The summed E-state index contributed by atoms with van der Waals surface area (Å²) in [5.41, 5.74) is 1.40. The number of likely N-dealkylation sites (N-methyl/N-ethyl adjacent to an activating group) is 1. The van der Waals surface area contributed by atoms with Crippen molar-refractivity contribution in [1.29, 1.82) is 0 Å². The van der Waals surface area contributed by atoms with Crippen LogP contribution in [-0.2, 0) is 4.74 Å². The molecule has 0 bridgehead atoms. The number of thiophene rings is 1. The van der Waals surface area contributed by atoms with Gasteiger partial charge < -0.3 is 10.1 Å². The Morgan fingerprint density at radius 1 is 1.41 bits per heavy atom. The first-order valence-corrected chi connectivity index (χ1v) is 7.60. The fourth-order valence-electron chi connectivity index (χ4n) is 3.13. The first-order chi connectivity index (χ1) is 8.32. The van der Waals surface area contributed by atoms with Gasteiger partial charge >= 0.3 is 0 Å². The second-order valence-electron chi connectivity index (χ2n) is 4.84. The summed E-state index contributed by atoms with van der Waals surface area (Å²) in [6.45, 7) is 2.92. The maximum absolute atomic E-state index is 6.19. The smallest absolute Gasteiger partial charge is 0.0876 e. The zero-order chi connectivity index (χ0) is 12.1. The number of ether oxygens (including phenoxy) is 1. The molecule has 17 heavy (non-hydrogen) atoms. The van der Waals surface area contributed by atoms with E-state index in [-0.39, 0.29) is 5.60 Å². The van der Waals surface area contributed by atoms with Crippen molar-refractivity contribution in [1.82, 2.24) is 5.32 Å². The highest BCUT2D eigenvalue weighted by molar-refractivity contribution is 7.07. The molecule has 96 valence electrons. The summed E-state index contributed by atoms with van der Waals surface area (Å²) in [5, 5.41) is 7.88. The Balaban J connectivity index is 2.23. The van der Waals surface area contributed by atoms with Crippen LogP contribution in [0.5, 0.6) is 0 Å². The first kappa shape index (κ1) is 13.1. The van der Waals surface area contributed by atoms with Gasteiger partial charge in [0, 0.05) is 6.61 Å². The summed E-state index contributed by atoms with van der Waals surface area (Å²) in [5.74, 6) is 0. The molecule has 0 aromatic carbocycles. The van der Waals surface area contributed by atoms with Gasteiger partial charge in [0.05, 0.1) is 11.6 Å². The molecule has 1 heterocycles. The fourth-order valence-corrected chi connectivity index (χ4v) is 3.81. The van der Waals surface area contributed by atoms with E-state index in [1.54, 1.807) is 11.3 Å². The third-order valence-electron chi connectivity index (χ3n) is 3.82. The van der Waals surface area contributed by atoms with Gasteiger partial charge in [0.1, 0.15) is 0 Å². The Morgan fingerprint density at radius 2 is 2.18 bits per heavy atom. The normalized spacial score (nSPS) is 21.3. The summed E-state index contributed by atoms with van der Waals surface area (Å²) >= 11 is 1.77. The van der Waals surface area contributed by atoms with E-state index in [4.69, 9.17) is 4.74 Å². The second-order valence-corrected chi connectivity index (χ2v) is 5.62. The minimum atomic E-state index is 0.0167. The van der Waals surface area contributed by atoms with Gasteiger partial charge in [0.2, 0.25) is 0 Å². The quantitative estimate of drug-likeness (QED) is 0.863. The lowest BCUT2D eigenvalue weighted by molar-refractivity contribution is -0.0897. The lowest BCUT2D eigenvalue weighted by atomic mass is 9.77. The van der Waals surface area contributed by atoms with Crippen molar-refractivity contribution in [2.45, 2.75) is 50.7 Å². The van der Waals surface area contributed by atoms with Crippen LogP contribution >= 0.6 is 11.3 Å². The van der Waals surface area contributed by atoms with Gasteiger partial charge in [-0.3, -0.25) is 0 Å². The van der Waals surface area contributed by atoms with E-state index in [1.807, 2.05) is 0 Å². The van der Waals surface area contributed by atoms with Crippen LogP contribution in [0.1, 0.15) is 50.6 Å². The van der Waals surface area contributed by atoms with Crippen LogP contribution in [0.25, 0.3) is 0 Å². The topological polar surface area (TPSA) is 21.3 Å². The standard InChI is InChI=1S/C14H23NOS/c1-3-16-14(8-5-4-6-9-14)13(15-2)12-7-10-17-11-12/h7,10-11,13,15H,3-6,8-9H2,1-2H3. The maximum atomic E-state index is 6.19. The molecule has 0 amide bonds. The molecule has 1 atom stereocenters. The molecule has 2 rings (SSSR count). The van der Waals surface area contributed by atoms with E-state index >= 15 is 0 Å². The summed E-state index contributed by atoms with van der Waals surface area (Å²) in [7, 11) is 2.05. The highest BCUT2D eigenvalue weighted by atomic mass is 32.1. The van der Waals surface area contributed by atoms with E-state index in [2.05, 4.69) is 36.1 Å². The molecule has 0 saturated heterocycles.